The van der Waals surface area contributed by atoms with Crippen LogP contribution < -0.4 is 10.1 Å². The number of hydrogen-bond donors (Lipinski definition) is 2. The van der Waals surface area contributed by atoms with Crippen molar-refractivity contribution in [1.82, 2.24) is 10.2 Å². The molecule has 1 aromatic rings. The quantitative estimate of drug-likeness (QED) is 0.867. The smallest absolute Gasteiger partial charge is 0.169 e. The lowest BCUT2D eigenvalue weighted by Gasteiger charge is -2.35. The van der Waals surface area contributed by atoms with Crippen LogP contribution in [0, 0.1) is 5.82 Å². The Morgan fingerprint density at radius 2 is 2.10 bits per heavy atom. The normalized spacial score (nSPS) is 17.4. The minimum Gasteiger partial charge on any atom is -0.494 e. The number of aliphatic hydroxyl groups excluding tert-OH is 1. The van der Waals surface area contributed by atoms with Crippen molar-refractivity contribution >= 4 is 12.4 Å². The highest BCUT2D eigenvalue weighted by molar-refractivity contribution is 5.85. The standard InChI is InChI=1S/C14H21FN2O2.ClH/c1-19-13-4-2-3-11(14(13)15)12(5-10-18)17-8-6-16-7-9-17;/h2-4,12,16,18H,5-10H2,1H3;1H/t12-;/m0./s1. The number of piperazine rings is 1. The summed E-state index contributed by atoms with van der Waals surface area (Å²) in [6, 6.07) is 5.10. The van der Waals surface area contributed by atoms with E-state index in [9.17, 15) is 9.50 Å². The van der Waals surface area contributed by atoms with E-state index < -0.39 is 0 Å². The van der Waals surface area contributed by atoms with Crippen LogP contribution in [0.5, 0.6) is 5.75 Å². The molecule has 0 amide bonds. The van der Waals surface area contributed by atoms with E-state index in [0.717, 1.165) is 26.2 Å². The molecular formula is C14H22ClFN2O2. The minimum absolute atomic E-state index is 0. The van der Waals surface area contributed by atoms with Gasteiger partial charge in [0.25, 0.3) is 0 Å². The topological polar surface area (TPSA) is 44.7 Å². The highest BCUT2D eigenvalue weighted by Crippen LogP contribution is 2.30. The largest absolute Gasteiger partial charge is 0.494 e. The Hall–Kier alpha value is -0.880. The van der Waals surface area contributed by atoms with Crippen molar-refractivity contribution in [2.24, 2.45) is 0 Å². The van der Waals surface area contributed by atoms with Crippen molar-refractivity contribution in [1.29, 1.82) is 0 Å². The van der Waals surface area contributed by atoms with E-state index in [2.05, 4.69) is 10.2 Å². The van der Waals surface area contributed by atoms with Crippen molar-refractivity contribution in [3.63, 3.8) is 0 Å². The summed E-state index contributed by atoms with van der Waals surface area (Å²) in [5.74, 6) is -0.0578. The van der Waals surface area contributed by atoms with Crippen LogP contribution in [0.2, 0.25) is 0 Å². The lowest BCUT2D eigenvalue weighted by molar-refractivity contribution is 0.138. The van der Waals surface area contributed by atoms with Gasteiger partial charge in [-0.25, -0.2) is 4.39 Å². The molecule has 0 saturated carbocycles. The van der Waals surface area contributed by atoms with Crippen molar-refractivity contribution in [2.75, 3.05) is 39.9 Å². The molecule has 1 atom stereocenters. The number of rotatable bonds is 5. The van der Waals surface area contributed by atoms with Crippen LogP contribution >= 0.6 is 12.4 Å². The lowest BCUT2D eigenvalue weighted by atomic mass is 10.0. The van der Waals surface area contributed by atoms with Gasteiger partial charge in [0.15, 0.2) is 11.6 Å². The van der Waals surface area contributed by atoms with Gasteiger partial charge in [0.1, 0.15) is 0 Å². The first kappa shape index (κ1) is 17.2. The summed E-state index contributed by atoms with van der Waals surface area (Å²) in [6.07, 6.45) is 0.532. The Morgan fingerprint density at radius 1 is 1.40 bits per heavy atom. The van der Waals surface area contributed by atoms with Crippen LogP contribution in [0.4, 0.5) is 4.39 Å². The van der Waals surface area contributed by atoms with Gasteiger partial charge in [-0.05, 0) is 12.5 Å². The molecule has 1 aromatic carbocycles. The Kier molecular flexibility index (Phi) is 7.23. The van der Waals surface area contributed by atoms with Gasteiger partial charge in [0.2, 0.25) is 0 Å². The first-order valence-electron chi connectivity index (χ1n) is 6.66. The summed E-state index contributed by atoms with van der Waals surface area (Å²) < 4.78 is 19.4. The number of nitrogens with zero attached hydrogens (tertiary/aromatic N) is 1. The van der Waals surface area contributed by atoms with E-state index in [1.54, 1.807) is 18.2 Å². The van der Waals surface area contributed by atoms with Gasteiger partial charge in [0.05, 0.1) is 7.11 Å². The average Bonchev–Trinajstić information content (AvgIpc) is 2.46. The maximum atomic E-state index is 14.4. The minimum atomic E-state index is -0.318. The first-order valence-corrected chi connectivity index (χ1v) is 6.66. The van der Waals surface area contributed by atoms with E-state index >= 15 is 0 Å². The number of ether oxygens (including phenoxy) is 1. The molecule has 2 N–H and O–H groups in total. The molecule has 114 valence electrons. The summed E-state index contributed by atoms with van der Waals surface area (Å²) >= 11 is 0. The second kappa shape index (κ2) is 8.42. The number of nitrogens with one attached hydrogen (secondary N) is 1. The Balaban J connectivity index is 0.00000200. The Bertz CT molecular complexity index is 414. The van der Waals surface area contributed by atoms with Crippen molar-refractivity contribution in [3.05, 3.63) is 29.6 Å². The third-order valence-electron chi connectivity index (χ3n) is 3.57. The fourth-order valence-electron chi connectivity index (χ4n) is 2.59. The van der Waals surface area contributed by atoms with Crippen LogP contribution in [0.15, 0.2) is 18.2 Å². The van der Waals surface area contributed by atoms with Crippen LogP contribution in [-0.4, -0.2) is 49.9 Å². The van der Waals surface area contributed by atoms with E-state index in [4.69, 9.17) is 4.74 Å². The molecular weight excluding hydrogens is 283 g/mol. The molecule has 1 heterocycles. The average molecular weight is 305 g/mol. The zero-order valence-corrected chi connectivity index (χ0v) is 12.5. The fourth-order valence-corrected chi connectivity index (χ4v) is 2.59. The molecule has 4 nitrogen and oxygen atoms in total. The van der Waals surface area contributed by atoms with Gasteiger partial charge in [0, 0.05) is 44.4 Å². The van der Waals surface area contributed by atoms with Gasteiger partial charge < -0.3 is 15.2 Å². The van der Waals surface area contributed by atoms with E-state index in [0.29, 0.717) is 12.0 Å². The summed E-state index contributed by atoms with van der Waals surface area (Å²) in [4.78, 5) is 2.21. The van der Waals surface area contributed by atoms with Gasteiger partial charge in [-0.3, -0.25) is 4.90 Å². The van der Waals surface area contributed by atoms with Crippen LogP contribution in [0.1, 0.15) is 18.0 Å². The van der Waals surface area contributed by atoms with Gasteiger partial charge in [-0.1, -0.05) is 12.1 Å². The van der Waals surface area contributed by atoms with Gasteiger partial charge in [-0.2, -0.15) is 0 Å². The number of benzene rings is 1. The molecule has 0 aromatic heterocycles. The second-order valence-electron chi connectivity index (χ2n) is 4.68. The van der Waals surface area contributed by atoms with E-state index in [1.807, 2.05) is 0 Å². The predicted molar refractivity (Wildman–Crippen MR) is 79.1 cm³/mol. The molecule has 0 spiro atoms. The second-order valence-corrected chi connectivity index (χ2v) is 4.68. The summed E-state index contributed by atoms with van der Waals surface area (Å²) in [5, 5.41) is 12.5. The number of halogens is 2. The maximum absolute atomic E-state index is 14.4. The van der Waals surface area contributed by atoms with Crippen LogP contribution in [-0.2, 0) is 0 Å². The Morgan fingerprint density at radius 3 is 2.70 bits per heavy atom. The first-order chi connectivity index (χ1) is 9.27. The van der Waals surface area contributed by atoms with Gasteiger partial charge in [-0.15, -0.1) is 12.4 Å². The number of methoxy groups -OCH3 is 1. The Labute approximate surface area is 125 Å². The monoisotopic (exact) mass is 304 g/mol. The molecule has 1 saturated heterocycles. The predicted octanol–water partition coefficient (Wildman–Crippen LogP) is 1.58. The van der Waals surface area contributed by atoms with E-state index in [-0.39, 0.29) is 36.6 Å². The SMILES string of the molecule is COc1cccc([C@H](CCO)N2CCNCC2)c1F.Cl. The summed E-state index contributed by atoms with van der Waals surface area (Å²) in [7, 11) is 1.47. The third-order valence-corrected chi connectivity index (χ3v) is 3.57. The molecule has 1 aliphatic rings. The molecule has 1 aliphatic heterocycles. The summed E-state index contributed by atoms with van der Waals surface area (Å²) in [5.41, 5.74) is 0.607. The summed E-state index contributed by atoms with van der Waals surface area (Å²) in [6.45, 7) is 3.56. The fraction of sp³-hybridized carbons (Fsp3) is 0.571. The highest BCUT2D eigenvalue weighted by atomic mass is 35.5. The molecule has 0 aliphatic carbocycles. The molecule has 0 radical (unpaired) electrons. The highest BCUT2D eigenvalue weighted by Gasteiger charge is 2.25. The number of aliphatic hydroxyl groups is 1. The molecule has 0 unspecified atom stereocenters. The maximum Gasteiger partial charge on any atom is 0.169 e. The molecule has 1 fully saturated rings. The third kappa shape index (κ3) is 3.82. The van der Waals surface area contributed by atoms with Crippen molar-refractivity contribution in [2.45, 2.75) is 12.5 Å². The van der Waals surface area contributed by atoms with Crippen LogP contribution in [0.3, 0.4) is 0 Å². The van der Waals surface area contributed by atoms with Crippen LogP contribution in [0.25, 0.3) is 0 Å². The van der Waals surface area contributed by atoms with Crippen molar-refractivity contribution in [3.8, 4) is 5.75 Å². The van der Waals surface area contributed by atoms with Crippen molar-refractivity contribution < 1.29 is 14.2 Å². The zero-order chi connectivity index (χ0) is 13.7. The number of hydrogen-bond acceptors (Lipinski definition) is 4. The zero-order valence-electron chi connectivity index (χ0n) is 11.6. The molecule has 0 bridgehead atoms. The molecule has 2 rings (SSSR count). The molecule has 6 heteroatoms. The lowest BCUT2D eigenvalue weighted by Crippen LogP contribution is -2.45. The molecule has 20 heavy (non-hydrogen) atoms. The van der Waals surface area contributed by atoms with Gasteiger partial charge >= 0.3 is 0 Å². The van der Waals surface area contributed by atoms with E-state index in [1.165, 1.54) is 7.11 Å².